The second kappa shape index (κ2) is 3.49. The van der Waals surface area contributed by atoms with Crippen LogP contribution in [0.2, 0.25) is 0 Å². The second-order valence-corrected chi connectivity index (χ2v) is 2.64. The molecule has 0 aromatic heterocycles. The van der Waals surface area contributed by atoms with Gasteiger partial charge in [0.15, 0.2) is 0 Å². The van der Waals surface area contributed by atoms with E-state index in [-0.39, 0.29) is 5.82 Å². The van der Waals surface area contributed by atoms with Gasteiger partial charge in [0.1, 0.15) is 5.82 Å². The summed E-state index contributed by atoms with van der Waals surface area (Å²) in [5.74, 6) is -0.257. The molecule has 1 radical (unpaired) electrons. The number of rotatable bonds is 2. The van der Waals surface area contributed by atoms with E-state index >= 15 is 0 Å². The summed E-state index contributed by atoms with van der Waals surface area (Å²) in [6.07, 6.45) is -0.138. The van der Waals surface area contributed by atoms with Crippen LogP contribution in [-0.2, 0) is 11.5 Å². The van der Waals surface area contributed by atoms with Crippen LogP contribution in [0.1, 0.15) is 12.5 Å². The van der Waals surface area contributed by atoms with Crippen molar-refractivity contribution in [3.8, 4) is 0 Å². The minimum absolute atomic E-state index is 0.257. The molecule has 1 rings (SSSR count). The summed E-state index contributed by atoms with van der Waals surface area (Å²) in [6.45, 7) is 1.60. The van der Waals surface area contributed by atoms with Crippen molar-refractivity contribution in [2.75, 3.05) is 0 Å². The van der Waals surface area contributed by atoms with Crippen LogP contribution in [0.25, 0.3) is 0 Å². The molecule has 0 aliphatic carbocycles. The van der Waals surface area contributed by atoms with Crippen molar-refractivity contribution in [1.82, 2.24) is 0 Å². The zero-order chi connectivity index (χ0) is 8.27. The van der Waals surface area contributed by atoms with E-state index in [0.29, 0.717) is 6.42 Å². The maximum absolute atomic E-state index is 12.3. The smallest absolute Gasteiger partial charge is 0.123 e. The van der Waals surface area contributed by atoms with Crippen LogP contribution in [0.5, 0.6) is 0 Å². The van der Waals surface area contributed by atoms with Gasteiger partial charge in [-0.05, 0) is 24.6 Å². The van der Waals surface area contributed by atoms with E-state index < -0.39 is 6.10 Å². The summed E-state index contributed by atoms with van der Waals surface area (Å²) in [5, 5.41) is 10.7. The minimum atomic E-state index is -0.611. The fourth-order valence-electron chi connectivity index (χ4n) is 0.952. The highest BCUT2D eigenvalue weighted by Crippen LogP contribution is 2.05. The van der Waals surface area contributed by atoms with Gasteiger partial charge in [0.2, 0.25) is 0 Å². The quantitative estimate of drug-likeness (QED) is 0.620. The molecule has 0 N–H and O–H groups in total. The number of halogens is 1. The molecule has 0 fully saturated rings. The van der Waals surface area contributed by atoms with Gasteiger partial charge < -0.3 is 0 Å². The molecule has 0 aliphatic rings. The molecule has 1 nitrogen and oxygen atoms in total. The third-order valence-corrected chi connectivity index (χ3v) is 1.44. The van der Waals surface area contributed by atoms with Crippen LogP contribution in [0.4, 0.5) is 4.39 Å². The van der Waals surface area contributed by atoms with Gasteiger partial charge >= 0.3 is 0 Å². The van der Waals surface area contributed by atoms with Gasteiger partial charge in [-0.15, -0.1) is 0 Å². The third kappa shape index (κ3) is 2.68. The number of hydrogen-bond donors (Lipinski definition) is 0. The Morgan fingerprint density at radius 1 is 1.36 bits per heavy atom. The van der Waals surface area contributed by atoms with E-state index in [1.54, 1.807) is 19.1 Å². The zero-order valence-electron chi connectivity index (χ0n) is 6.38. The summed E-state index contributed by atoms with van der Waals surface area (Å²) >= 11 is 0. The van der Waals surface area contributed by atoms with Crippen molar-refractivity contribution in [2.45, 2.75) is 19.4 Å². The molecule has 11 heavy (non-hydrogen) atoms. The Kier molecular flexibility index (Phi) is 2.60. The molecule has 2 heteroatoms. The van der Waals surface area contributed by atoms with Crippen LogP contribution in [0.15, 0.2) is 24.3 Å². The van der Waals surface area contributed by atoms with Crippen molar-refractivity contribution >= 4 is 0 Å². The first kappa shape index (κ1) is 8.21. The molecule has 0 saturated heterocycles. The molecule has 0 heterocycles. The Labute approximate surface area is 65.5 Å². The second-order valence-electron chi connectivity index (χ2n) is 2.64. The van der Waals surface area contributed by atoms with Gasteiger partial charge in [-0.25, -0.2) is 9.50 Å². The SMILES string of the molecule is CC([O])Cc1ccc(F)cc1. The first-order chi connectivity index (χ1) is 5.18. The van der Waals surface area contributed by atoms with E-state index in [0.717, 1.165) is 5.56 Å². The van der Waals surface area contributed by atoms with Crippen LogP contribution in [-0.4, -0.2) is 6.10 Å². The standard InChI is InChI=1S/C9H10FO/c1-7(11)6-8-2-4-9(10)5-3-8/h2-5,7H,6H2,1H3. The van der Waals surface area contributed by atoms with Gasteiger partial charge in [-0.2, -0.15) is 0 Å². The molecule has 1 atom stereocenters. The predicted molar refractivity (Wildman–Crippen MR) is 40.3 cm³/mol. The van der Waals surface area contributed by atoms with Crippen LogP contribution >= 0.6 is 0 Å². The molecule has 0 spiro atoms. The lowest BCUT2D eigenvalue weighted by molar-refractivity contribution is 0.106. The molecule has 0 amide bonds. The fraction of sp³-hybridized carbons (Fsp3) is 0.333. The summed E-state index contributed by atoms with van der Waals surface area (Å²) in [5.41, 5.74) is 0.897. The lowest BCUT2D eigenvalue weighted by atomic mass is 10.1. The lowest BCUT2D eigenvalue weighted by Crippen LogP contribution is -2.01. The highest BCUT2D eigenvalue weighted by Gasteiger charge is 1.99. The lowest BCUT2D eigenvalue weighted by Gasteiger charge is -2.00. The van der Waals surface area contributed by atoms with Crippen LogP contribution < -0.4 is 0 Å². The average molecular weight is 153 g/mol. The number of benzene rings is 1. The molecule has 0 saturated carbocycles. The normalized spacial score (nSPS) is 13.0. The van der Waals surface area contributed by atoms with E-state index in [1.807, 2.05) is 0 Å². The molecule has 59 valence electrons. The van der Waals surface area contributed by atoms with Crippen molar-refractivity contribution in [1.29, 1.82) is 0 Å². The first-order valence-corrected chi connectivity index (χ1v) is 3.59. The topological polar surface area (TPSA) is 19.9 Å². The third-order valence-electron chi connectivity index (χ3n) is 1.44. The Morgan fingerprint density at radius 2 is 1.91 bits per heavy atom. The van der Waals surface area contributed by atoms with Gasteiger partial charge in [-0.3, -0.25) is 0 Å². The summed E-state index contributed by atoms with van der Waals surface area (Å²) < 4.78 is 12.3. The van der Waals surface area contributed by atoms with Crippen LogP contribution in [0, 0.1) is 5.82 Å². The maximum atomic E-state index is 12.3. The van der Waals surface area contributed by atoms with Crippen molar-refractivity contribution in [3.05, 3.63) is 35.6 Å². The average Bonchev–Trinajstić information content (AvgIpc) is 1.93. The van der Waals surface area contributed by atoms with Crippen molar-refractivity contribution in [2.24, 2.45) is 0 Å². The van der Waals surface area contributed by atoms with E-state index in [4.69, 9.17) is 0 Å². The fourth-order valence-corrected chi connectivity index (χ4v) is 0.952. The molecule has 1 aromatic rings. The Morgan fingerprint density at radius 3 is 2.36 bits per heavy atom. The molecule has 1 aromatic carbocycles. The Hall–Kier alpha value is -0.890. The molecular weight excluding hydrogens is 143 g/mol. The molecule has 0 bridgehead atoms. The van der Waals surface area contributed by atoms with Gasteiger partial charge in [0.05, 0.1) is 6.10 Å². The monoisotopic (exact) mass is 153 g/mol. The van der Waals surface area contributed by atoms with E-state index in [2.05, 4.69) is 0 Å². The minimum Gasteiger partial charge on any atom is -0.233 e. The summed E-state index contributed by atoms with van der Waals surface area (Å²) in [4.78, 5) is 0. The van der Waals surface area contributed by atoms with Gasteiger partial charge in [0, 0.05) is 6.42 Å². The zero-order valence-corrected chi connectivity index (χ0v) is 6.38. The van der Waals surface area contributed by atoms with Crippen LogP contribution in [0.3, 0.4) is 0 Å². The summed E-state index contributed by atoms with van der Waals surface area (Å²) in [6, 6.07) is 6.03. The van der Waals surface area contributed by atoms with Crippen molar-refractivity contribution in [3.63, 3.8) is 0 Å². The Bertz CT molecular complexity index is 216. The maximum Gasteiger partial charge on any atom is 0.123 e. The predicted octanol–water partition coefficient (Wildman–Crippen LogP) is 2.19. The highest BCUT2D eigenvalue weighted by molar-refractivity contribution is 5.16. The number of hydrogen-bond acceptors (Lipinski definition) is 0. The molecule has 0 aliphatic heterocycles. The molecular formula is C9H10FO. The van der Waals surface area contributed by atoms with Gasteiger partial charge in [0.25, 0.3) is 0 Å². The highest BCUT2D eigenvalue weighted by atomic mass is 19.1. The van der Waals surface area contributed by atoms with E-state index in [1.165, 1.54) is 12.1 Å². The Balaban J connectivity index is 2.66. The summed E-state index contributed by atoms with van der Waals surface area (Å²) in [7, 11) is 0. The largest absolute Gasteiger partial charge is 0.233 e. The molecule has 1 unspecified atom stereocenters. The van der Waals surface area contributed by atoms with Crippen molar-refractivity contribution < 1.29 is 9.50 Å². The van der Waals surface area contributed by atoms with E-state index in [9.17, 15) is 9.50 Å². The first-order valence-electron chi connectivity index (χ1n) is 3.59. The van der Waals surface area contributed by atoms with Gasteiger partial charge in [-0.1, -0.05) is 12.1 Å².